The zero-order valence-corrected chi connectivity index (χ0v) is 11.7. The van der Waals surface area contributed by atoms with Crippen molar-refractivity contribution in [1.29, 1.82) is 0 Å². The van der Waals surface area contributed by atoms with E-state index in [4.69, 9.17) is 9.47 Å². The minimum atomic E-state index is -0.416. The number of benzene rings is 1. The Morgan fingerprint density at radius 3 is 2.71 bits per heavy atom. The van der Waals surface area contributed by atoms with E-state index in [-0.39, 0.29) is 5.56 Å². The van der Waals surface area contributed by atoms with Crippen molar-refractivity contribution in [3.63, 3.8) is 0 Å². The van der Waals surface area contributed by atoms with Crippen molar-refractivity contribution in [3.05, 3.63) is 52.3 Å². The second kappa shape index (κ2) is 4.83. The predicted octanol–water partition coefficient (Wildman–Crippen LogP) is 2.84. The van der Waals surface area contributed by atoms with E-state index in [0.29, 0.717) is 13.2 Å². The minimum absolute atomic E-state index is 0.0572. The lowest BCUT2D eigenvalue weighted by Gasteiger charge is -2.30. The Morgan fingerprint density at radius 1 is 1.14 bits per heavy atom. The number of hydrogen-bond acceptors (Lipinski definition) is 3. The molecule has 0 bridgehead atoms. The van der Waals surface area contributed by atoms with Gasteiger partial charge in [-0.3, -0.25) is 4.79 Å². The van der Waals surface area contributed by atoms with Gasteiger partial charge in [0.25, 0.3) is 0 Å². The topological polar surface area (TPSA) is 51.3 Å². The third kappa shape index (κ3) is 2.20. The number of aromatic amines is 1. The summed E-state index contributed by atoms with van der Waals surface area (Å²) in [7, 11) is 0. The van der Waals surface area contributed by atoms with E-state index < -0.39 is 5.79 Å². The summed E-state index contributed by atoms with van der Waals surface area (Å²) in [5.74, 6) is -0.416. The highest BCUT2D eigenvalue weighted by atomic mass is 16.7. The van der Waals surface area contributed by atoms with E-state index in [9.17, 15) is 4.79 Å². The van der Waals surface area contributed by atoms with E-state index in [1.54, 1.807) is 6.07 Å². The summed E-state index contributed by atoms with van der Waals surface area (Å²) in [4.78, 5) is 14.8. The van der Waals surface area contributed by atoms with Gasteiger partial charge < -0.3 is 14.5 Å². The first kappa shape index (κ1) is 12.8. The van der Waals surface area contributed by atoms with Crippen molar-refractivity contribution in [2.45, 2.75) is 25.0 Å². The molecule has 1 saturated heterocycles. The maximum Gasteiger partial charge on any atom is 0.249 e. The largest absolute Gasteiger partial charge is 0.347 e. The summed E-state index contributed by atoms with van der Waals surface area (Å²) in [6, 6.07) is 9.62. The van der Waals surface area contributed by atoms with E-state index in [1.807, 2.05) is 24.3 Å². The molecule has 1 N–H and O–H groups in total. The number of aromatic nitrogens is 1. The van der Waals surface area contributed by atoms with Crippen LogP contribution in [0.15, 0.2) is 41.2 Å². The maximum atomic E-state index is 11.9. The van der Waals surface area contributed by atoms with Crippen LogP contribution in [0.3, 0.4) is 0 Å². The van der Waals surface area contributed by atoms with Crippen molar-refractivity contribution in [2.75, 3.05) is 13.2 Å². The van der Waals surface area contributed by atoms with Gasteiger partial charge in [-0.05, 0) is 23.6 Å². The van der Waals surface area contributed by atoms with Crippen molar-refractivity contribution in [1.82, 2.24) is 4.98 Å². The fourth-order valence-electron chi connectivity index (χ4n) is 3.28. The third-order valence-corrected chi connectivity index (χ3v) is 4.34. The molecule has 2 aromatic rings. The predicted molar refractivity (Wildman–Crippen MR) is 81.0 cm³/mol. The zero-order chi connectivity index (χ0) is 14.3. The molecule has 4 rings (SSSR count). The van der Waals surface area contributed by atoms with Gasteiger partial charge in [0.2, 0.25) is 5.56 Å². The fourth-order valence-corrected chi connectivity index (χ4v) is 3.28. The van der Waals surface area contributed by atoms with Crippen LogP contribution in [0.1, 0.15) is 24.8 Å². The molecule has 1 fully saturated rings. The van der Waals surface area contributed by atoms with Gasteiger partial charge >= 0.3 is 0 Å². The van der Waals surface area contributed by atoms with E-state index >= 15 is 0 Å². The highest BCUT2D eigenvalue weighted by Crippen LogP contribution is 2.39. The van der Waals surface area contributed by atoms with Crippen molar-refractivity contribution >= 4 is 16.5 Å². The van der Waals surface area contributed by atoms with Crippen LogP contribution in [0, 0.1) is 0 Å². The Morgan fingerprint density at radius 2 is 1.95 bits per heavy atom. The van der Waals surface area contributed by atoms with Crippen LogP contribution in [0.2, 0.25) is 0 Å². The van der Waals surface area contributed by atoms with Crippen molar-refractivity contribution in [2.24, 2.45) is 0 Å². The van der Waals surface area contributed by atoms with Crippen LogP contribution in [-0.4, -0.2) is 24.0 Å². The van der Waals surface area contributed by atoms with Crippen LogP contribution in [0.5, 0.6) is 0 Å². The molecule has 1 aromatic heterocycles. The normalized spacial score (nSPS) is 20.9. The minimum Gasteiger partial charge on any atom is -0.347 e. The summed E-state index contributed by atoms with van der Waals surface area (Å²) in [5, 5.41) is 1.09. The van der Waals surface area contributed by atoms with Gasteiger partial charge in [-0.1, -0.05) is 24.3 Å². The van der Waals surface area contributed by atoms with Gasteiger partial charge in [0.05, 0.1) is 13.2 Å². The molecule has 1 aliphatic carbocycles. The maximum absolute atomic E-state index is 11.9. The SMILES string of the molecule is O=c1cc(C2=CCC3(CC2)OCCO3)c2ccccc2[nH]1. The molecule has 21 heavy (non-hydrogen) atoms. The van der Waals surface area contributed by atoms with E-state index in [2.05, 4.69) is 11.1 Å². The number of hydrogen-bond donors (Lipinski definition) is 1. The quantitative estimate of drug-likeness (QED) is 0.875. The number of ether oxygens (including phenoxy) is 2. The molecular weight excluding hydrogens is 266 g/mol. The third-order valence-electron chi connectivity index (χ3n) is 4.34. The Hall–Kier alpha value is -1.91. The molecule has 0 unspecified atom stereocenters. The molecule has 4 nitrogen and oxygen atoms in total. The second-order valence-electron chi connectivity index (χ2n) is 5.63. The standard InChI is InChI=1S/C17H17NO3/c19-16-11-14(13-3-1-2-4-15(13)18-16)12-5-7-17(8-6-12)20-9-10-21-17/h1-5,11H,6-10H2,(H,18,19). The van der Waals surface area contributed by atoms with Crippen LogP contribution < -0.4 is 5.56 Å². The average Bonchev–Trinajstić information content (AvgIpc) is 2.95. The molecule has 1 spiro atoms. The van der Waals surface area contributed by atoms with Gasteiger partial charge in [0.1, 0.15) is 0 Å². The lowest BCUT2D eigenvalue weighted by Crippen LogP contribution is -2.31. The lowest BCUT2D eigenvalue weighted by atomic mass is 9.88. The highest BCUT2D eigenvalue weighted by molar-refractivity contribution is 5.91. The molecule has 0 saturated carbocycles. The number of allylic oxidation sites excluding steroid dienone is 1. The number of para-hydroxylation sites is 1. The van der Waals surface area contributed by atoms with Crippen LogP contribution in [0.25, 0.3) is 16.5 Å². The van der Waals surface area contributed by atoms with Gasteiger partial charge in [0.15, 0.2) is 5.79 Å². The van der Waals surface area contributed by atoms with Gasteiger partial charge in [-0.15, -0.1) is 0 Å². The fraction of sp³-hybridized carbons (Fsp3) is 0.353. The van der Waals surface area contributed by atoms with Gasteiger partial charge in [-0.25, -0.2) is 0 Å². The number of pyridine rings is 1. The first-order valence-electron chi connectivity index (χ1n) is 7.35. The molecule has 2 heterocycles. The Balaban J connectivity index is 1.77. The highest BCUT2D eigenvalue weighted by Gasteiger charge is 2.37. The molecule has 0 amide bonds. The second-order valence-corrected chi connectivity index (χ2v) is 5.63. The van der Waals surface area contributed by atoms with E-state index in [0.717, 1.165) is 35.7 Å². The van der Waals surface area contributed by atoms with Crippen LogP contribution in [0.4, 0.5) is 0 Å². The van der Waals surface area contributed by atoms with Gasteiger partial charge in [-0.2, -0.15) is 0 Å². The molecule has 1 aliphatic heterocycles. The summed E-state index contributed by atoms with van der Waals surface area (Å²) in [5.41, 5.74) is 3.07. The van der Waals surface area contributed by atoms with Crippen molar-refractivity contribution in [3.8, 4) is 0 Å². The Bertz CT molecular complexity index is 769. The Kier molecular flexibility index (Phi) is 2.94. The number of nitrogens with one attached hydrogen (secondary N) is 1. The monoisotopic (exact) mass is 283 g/mol. The molecule has 108 valence electrons. The number of H-pyrrole nitrogens is 1. The molecule has 0 radical (unpaired) electrons. The first-order valence-corrected chi connectivity index (χ1v) is 7.35. The van der Waals surface area contributed by atoms with Crippen LogP contribution >= 0.6 is 0 Å². The molecule has 0 atom stereocenters. The molecule has 4 heteroatoms. The molecule has 1 aromatic carbocycles. The lowest BCUT2D eigenvalue weighted by molar-refractivity contribution is -0.159. The number of rotatable bonds is 1. The summed E-state index contributed by atoms with van der Waals surface area (Å²) in [6.45, 7) is 1.36. The van der Waals surface area contributed by atoms with Crippen LogP contribution in [-0.2, 0) is 9.47 Å². The smallest absolute Gasteiger partial charge is 0.249 e. The number of fused-ring (bicyclic) bond motifs is 1. The zero-order valence-electron chi connectivity index (χ0n) is 11.7. The van der Waals surface area contributed by atoms with E-state index in [1.165, 1.54) is 5.57 Å². The van der Waals surface area contributed by atoms with Crippen molar-refractivity contribution < 1.29 is 9.47 Å². The summed E-state index contributed by atoms with van der Waals surface area (Å²) >= 11 is 0. The summed E-state index contributed by atoms with van der Waals surface area (Å²) in [6.07, 6.45) is 4.63. The molecule has 2 aliphatic rings. The molecular formula is C17H17NO3. The van der Waals surface area contributed by atoms with Gasteiger partial charge in [0, 0.05) is 29.8 Å². The Labute approximate surface area is 122 Å². The first-order chi connectivity index (χ1) is 10.3. The average molecular weight is 283 g/mol. The summed E-state index contributed by atoms with van der Waals surface area (Å²) < 4.78 is 11.5.